The maximum absolute atomic E-state index is 13.1. The number of allylic oxidation sites excluding steroid dienone is 1. The van der Waals surface area contributed by atoms with Gasteiger partial charge in [0.25, 0.3) is 0 Å². The predicted molar refractivity (Wildman–Crippen MR) is 119 cm³/mol. The molecule has 3 aromatic rings. The zero-order valence-corrected chi connectivity index (χ0v) is 18.0. The van der Waals surface area contributed by atoms with Crippen LogP contribution in [-0.4, -0.2) is 31.1 Å². The number of esters is 1. The first-order valence-corrected chi connectivity index (χ1v) is 10.3. The van der Waals surface area contributed by atoms with Crippen molar-refractivity contribution in [1.82, 2.24) is 0 Å². The van der Waals surface area contributed by atoms with Gasteiger partial charge in [-0.05, 0) is 53.6 Å². The topological polar surface area (TPSA) is 91.3 Å². The monoisotopic (exact) mass is 444 g/mol. The average molecular weight is 444 g/mol. The molecule has 0 bridgehead atoms. The average Bonchev–Trinajstić information content (AvgIpc) is 3.13. The maximum Gasteiger partial charge on any atom is 0.312 e. The summed E-state index contributed by atoms with van der Waals surface area (Å²) in [6.45, 7) is 0. The Morgan fingerprint density at radius 3 is 2.55 bits per heavy atom. The van der Waals surface area contributed by atoms with Crippen LogP contribution in [0, 0.1) is 0 Å². The molecule has 1 atom stereocenters. The molecule has 5 rings (SSSR count). The summed E-state index contributed by atoms with van der Waals surface area (Å²) >= 11 is 0. The summed E-state index contributed by atoms with van der Waals surface area (Å²) in [6, 6.07) is 15.2. The number of benzene rings is 3. The highest BCUT2D eigenvalue weighted by Crippen LogP contribution is 2.49. The lowest BCUT2D eigenvalue weighted by atomic mass is 9.84. The summed E-state index contributed by atoms with van der Waals surface area (Å²) in [6.07, 6.45) is 1.70. The van der Waals surface area contributed by atoms with Crippen molar-refractivity contribution < 1.29 is 33.6 Å². The molecule has 0 fully saturated rings. The highest BCUT2D eigenvalue weighted by Gasteiger charge is 2.38. The van der Waals surface area contributed by atoms with Crippen LogP contribution >= 0.6 is 0 Å². The summed E-state index contributed by atoms with van der Waals surface area (Å²) in [5, 5.41) is 9.95. The van der Waals surface area contributed by atoms with Crippen molar-refractivity contribution in [3.05, 3.63) is 82.6 Å². The molecule has 0 aromatic heterocycles. The molecule has 166 valence electrons. The molecule has 0 spiro atoms. The Hall–Kier alpha value is -4.26. The maximum atomic E-state index is 13.1. The van der Waals surface area contributed by atoms with Crippen LogP contribution in [0.25, 0.3) is 6.08 Å². The summed E-state index contributed by atoms with van der Waals surface area (Å²) in [4.78, 5) is 25.4. The summed E-state index contributed by atoms with van der Waals surface area (Å²) < 4.78 is 22.1. The summed E-state index contributed by atoms with van der Waals surface area (Å²) in [7, 11) is 3.09. The second-order valence-electron chi connectivity index (χ2n) is 7.73. The van der Waals surface area contributed by atoms with E-state index in [1.165, 1.54) is 7.11 Å². The fraction of sp³-hybridized carbons (Fsp3) is 0.154. The summed E-state index contributed by atoms with van der Waals surface area (Å²) in [5.41, 5.74) is 2.44. The third-order valence-corrected chi connectivity index (χ3v) is 5.76. The molecule has 0 radical (unpaired) electrons. The van der Waals surface area contributed by atoms with Gasteiger partial charge in [-0.15, -0.1) is 0 Å². The van der Waals surface area contributed by atoms with Gasteiger partial charge in [0.2, 0.25) is 5.78 Å². The standard InChI is InChI=1S/C26H20O7/c1-30-19-8-6-14(10-21(19)31-2)11-22-25(29)17-7-9-20-24(26(17)33-22)18(13-23(28)32-20)15-4-3-5-16(27)12-15/h3-12,18,27H,13H2,1-2H3/b22-11-/t18-/m1/s1. The van der Waals surface area contributed by atoms with Crippen LogP contribution in [0.4, 0.5) is 0 Å². The highest BCUT2D eigenvalue weighted by molar-refractivity contribution is 6.15. The van der Waals surface area contributed by atoms with Crippen molar-refractivity contribution >= 4 is 17.8 Å². The molecule has 0 saturated heterocycles. The number of aromatic hydroxyl groups is 1. The van der Waals surface area contributed by atoms with E-state index in [4.69, 9.17) is 18.9 Å². The molecule has 2 heterocycles. The zero-order valence-electron chi connectivity index (χ0n) is 18.0. The molecule has 1 N–H and O–H groups in total. The molecule has 0 unspecified atom stereocenters. The Balaban J connectivity index is 1.58. The van der Waals surface area contributed by atoms with Crippen LogP contribution in [0.15, 0.2) is 60.4 Å². The van der Waals surface area contributed by atoms with Crippen LogP contribution in [0.3, 0.4) is 0 Å². The quantitative estimate of drug-likeness (QED) is 0.361. The fourth-order valence-corrected chi connectivity index (χ4v) is 4.23. The molecular weight excluding hydrogens is 424 g/mol. The van der Waals surface area contributed by atoms with E-state index in [-0.39, 0.29) is 29.7 Å². The Bertz CT molecular complexity index is 1320. The Morgan fingerprint density at radius 1 is 0.970 bits per heavy atom. The Morgan fingerprint density at radius 2 is 1.79 bits per heavy atom. The number of ketones is 1. The second-order valence-corrected chi connectivity index (χ2v) is 7.73. The first-order chi connectivity index (χ1) is 16.0. The van der Waals surface area contributed by atoms with Gasteiger partial charge in [-0.1, -0.05) is 18.2 Å². The number of methoxy groups -OCH3 is 2. The van der Waals surface area contributed by atoms with Gasteiger partial charge >= 0.3 is 5.97 Å². The number of phenols is 1. The molecule has 7 heteroatoms. The van der Waals surface area contributed by atoms with E-state index in [9.17, 15) is 14.7 Å². The van der Waals surface area contributed by atoms with Crippen molar-refractivity contribution in [1.29, 1.82) is 0 Å². The number of hydrogen-bond donors (Lipinski definition) is 1. The molecule has 2 aliphatic rings. The molecule has 0 aliphatic carbocycles. The van der Waals surface area contributed by atoms with Crippen molar-refractivity contribution in [3.63, 3.8) is 0 Å². The summed E-state index contributed by atoms with van der Waals surface area (Å²) in [5.74, 6) is 0.980. The normalized spacial score (nSPS) is 17.8. The number of carbonyl (C=O) groups is 2. The van der Waals surface area contributed by atoms with E-state index in [1.807, 2.05) is 6.07 Å². The second kappa shape index (κ2) is 8.02. The van der Waals surface area contributed by atoms with Crippen molar-refractivity contribution in [2.75, 3.05) is 14.2 Å². The zero-order chi connectivity index (χ0) is 23.1. The van der Waals surface area contributed by atoms with Crippen LogP contribution in [-0.2, 0) is 4.79 Å². The largest absolute Gasteiger partial charge is 0.508 e. The number of Topliss-reactive ketones (excluding diaryl/α,β-unsaturated/α-hetero) is 1. The molecule has 0 amide bonds. The van der Waals surface area contributed by atoms with Gasteiger partial charge in [0, 0.05) is 11.5 Å². The first kappa shape index (κ1) is 20.6. The molecule has 2 aliphatic heterocycles. The Labute approximate surface area is 189 Å². The van der Waals surface area contributed by atoms with E-state index in [1.54, 1.807) is 61.7 Å². The van der Waals surface area contributed by atoms with E-state index in [2.05, 4.69) is 0 Å². The lowest BCUT2D eigenvalue weighted by Crippen LogP contribution is -2.21. The number of ether oxygens (including phenoxy) is 4. The van der Waals surface area contributed by atoms with Gasteiger partial charge < -0.3 is 24.1 Å². The third-order valence-electron chi connectivity index (χ3n) is 5.76. The van der Waals surface area contributed by atoms with Gasteiger partial charge in [-0.25, -0.2) is 0 Å². The lowest BCUT2D eigenvalue weighted by Gasteiger charge is -2.26. The minimum atomic E-state index is -0.420. The predicted octanol–water partition coefficient (Wildman–Crippen LogP) is 4.47. The molecule has 33 heavy (non-hydrogen) atoms. The first-order valence-electron chi connectivity index (χ1n) is 10.3. The van der Waals surface area contributed by atoms with E-state index in [0.717, 1.165) is 5.56 Å². The number of carbonyl (C=O) groups excluding carboxylic acids is 2. The van der Waals surface area contributed by atoms with Gasteiger partial charge in [-0.2, -0.15) is 0 Å². The van der Waals surface area contributed by atoms with Gasteiger partial charge in [0.1, 0.15) is 17.2 Å². The Kier molecular flexibility index (Phi) is 5.01. The van der Waals surface area contributed by atoms with E-state index >= 15 is 0 Å². The van der Waals surface area contributed by atoms with Gasteiger partial charge in [0.05, 0.1) is 26.2 Å². The number of hydrogen-bond acceptors (Lipinski definition) is 7. The minimum absolute atomic E-state index is 0.0686. The molecular formula is C26H20O7. The minimum Gasteiger partial charge on any atom is -0.508 e. The highest BCUT2D eigenvalue weighted by atomic mass is 16.5. The number of fused-ring (bicyclic) bond motifs is 3. The lowest BCUT2D eigenvalue weighted by molar-refractivity contribution is -0.135. The van der Waals surface area contributed by atoms with Crippen molar-refractivity contribution in [2.45, 2.75) is 12.3 Å². The van der Waals surface area contributed by atoms with Crippen LogP contribution < -0.4 is 18.9 Å². The molecule has 0 saturated carbocycles. The number of phenolic OH excluding ortho intramolecular Hbond substituents is 1. The third kappa shape index (κ3) is 3.57. The fourth-order valence-electron chi connectivity index (χ4n) is 4.23. The van der Waals surface area contributed by atoms with Gasteiger partial charge in [-0.3, -0.25) is 9.59 Å². The number of rotatable bonds is 4. The van der Waals surface area contributed by atoms with Crippen LogP contribution in [0.1, 0.15) is 39.4 Å². The van der Waals surface area contributed by atoms with Crippen LogP contribution in [0.5, 0.6) is 28.7 Å². The van der Waals surface area contributed by atoms with E-state index < -0.39 is 5.92 Å². The molecule has 7 nitrogen and oxygen atoms in total. The van der Waals surface area contributed by atoms with E-state index in [0.29, 0.717) is 39.7 Å². The molecule has 3 aromatic carbocycles. The van der Waals surface area contributed by atoms with Crippen molar-refractivity contribution in [2.24, 2.45) is 0 Å². The van der Waals surface area contributed by atoms with Gasteiger partial charge in [0.15, 0.2) is 17.3 Å². The smallest absolute Gasteiger partial charge is 0.312 e. The van der Waals surface area contributed by atoms with Crippen molar-refractivity contribution in [3.8, 4) is 28.7 Å². The SMILES string of the molecule is COc1ccc(/C=C2\Oc3c(ccc4c3[C@@H](c3cccc(O)c3)CC(=O)O4)C2=O)cc1OC. The van der Waals surface area contributed by atoms with Crippen LogP contribution in [0.2, 0.25) is 0 Å².